The van der Waals surface area contributed by atoms with Crippen molar-refractivity contribution >= 4 is 23.4 Å². The van der Waals surface area contributed by atoms with Gasteiger partial charge in [0, 0.05) is 15.3 Å². The number of methoxy groups -OCH3 is 1. The van der Waals surface area contributed by atoms with Crippen LogP contribution in [0.3, 0.4) is 0 Å². The highest BCUT2D eigenvalue weighted by molar-refractivity contribution is 7.15. The molecule has 0 bridgehead atoms. The van der Waals surface area contributed by atoms with Crippen LogP contribution in [0.5, 0.6) is 0 Å². The summed E-state index contributed by atoms with van der Waals surface area (Å²) in [5.41, 5.74) is 5.60. The van der Waals surface area contributed by atoms with E-state index in [-0.39, 0.29) is 5.97 Å². The summed E-state index contributed by atoms with van der Waals surface area (Å²) in [6.45, 7) is 0. The van der Waals surface area contributed by atoms with E-state index in [1.54, 1.807) is 0 Å². The molecule has 1 aliphatic rings. The molecule has 0 amide bonds. The Balaban J connectivity index is 1.65. The minimum absolute atomic E-state index is 0.210. The van der Waals surface area contributed by atoms with Crippen molar-refractivity contribution in [1.29, 1.82) is 0 Å². The fourth-order valence-electron chi connectivity index (χ4n) is 3.35. The first kappa shape index (κ1) is 16.8. The standard InChI is InChI=1S/C23H20O2S/c1-25-23(24)19-8-5-9-21-20(14-19)15-22(26-21)18-12-10-17(11-13-18)16-6-3-2-4-7-16/h2-4,6-7,10-15H,5,8-9H2,1H3. The molecule has 0 radical (unpaired) electrons. The Kier molecular flexibility index (Phi) is 4.72. The zero-order valence-electron chi connectivity index (χ0n) is 14.7. The molecule has 0 saturated carbocycles. The minimum Gasteiger partial charge on any atom is -0.466 e. The first-order chi connectivity index (χ1) is 12.7. The topological polar surface area (TPSA) is 26.3 Å². The second kappa shape index (κ2) is 7.30. The number of ether oxygens (including phenoxy) is 1. The number of esters is 1. The Hall–Kier alpha value is -2.65. The Labute approximate surface area is 157 Å². The fraction of sp³-hybridized carbons (Fsp3) is 0.174. The van der Waals surface area contributed by atoms with E-state index in [9.17, 15) is 4.79 Å². The van der Waals surface area contributed by atoms with Crippen LogP contribution in [-0.2, 0) is 16.0 Å². The molecule has 0 fully saturated rings. The number of hydrogen-bond donors (Lipinski definition) is 0. The predicted molar refractivity (Wildman–Crippen MR) is 108 cm³/mol. The lowest BCUT2D eigenvalue weighted by Crippen LogP contribution is -2.03. The molecular formula is C23H20O2S. The predicted octanol–water partition coefficient (Wildman–Crippen LogP) is 5.97. The van der Waals surface area contributed by atoms with Gasteiger partial charge < -0.3 is 4.74 Å². The summed E-state index contributed by atoms with van der Waals surface area (Å²) in [5, 5.41) is 0. The average Bonchev–Trinajstić information content (AvgIpc) is 2.99. The van der Waals surface area contributed by atoms with Crippen LogP contribution in [-0.4, -0.2) is 13.1 Å². The lowest BCUT2D eigenvalue weighted by molar-refractivity contribution is -0.136. The summed E-state index contributed by atoms with van der Waals surface area (Å²) in [6.07, 6.45) is 4.79. The number of rotatable bonds is 3. The molecule has 1 aliphatic carbocycles. The third kappa shape index (κ3) is 3.35. The second-order valence-corrected chi connectivity index (χ2v) is 7.58. The van der Waals surface area contributed by atoms with Crippen LogP contribution in [0, 0.1) is 0 Å². The van der Waals surface area contributed by atoms with Crippen molar-refractivity contribution in [3.05, 3.63) is 76.7 Å². The molecule has 0 saturated heterocycles. The van der Waals surface area contributed by atoms with Crippen molar-refractivity contribution in [2.24, 2.45) is 0 Å². The van der Waals surface area contributed by atoms with E-state index in [1.165, 1.54) is 33.6 Å². The Morgan fingerprint density at radius 3 is 2.35 bits per heavy atom. The van der Waals surface area contributed by atoms with Gasteiger partial charge in [-0.1, -0.05) is 54.6 Å². The highest BCUT2D eigenvalue weighted by atomic mass is 32.1. The molecule has 1 heterocycles. The maximum Gasteiger partial charge on any atom is 0.333 e. The molecule has 3 aromatic rings. The quantitative estimate of drug-likeness (QED) is 0.538. The smallest absolute Gasteiger partial charge is 0.333 e. The van der Waals surface area contributed by atoms with Crippen molar-refractivity contribution in [1.82, 2.24) is 0 Å². The van der Waals surface area contributed by atoms with Crippen LogP contribution in [0.1, 0.15) is 23.3 Å². The van der Waals surface area contributed by atoms with E-state index in [0.29, 0.717) is 0 Å². The lowest BCUT2D eigenvalue weighted by atomic mass is 10.0. The SMILES string of the molecule is COC(=O)C1=Cc2cc(-c3ccc(-c4ccccc4)cc3)sc2CCC1. The molecule has 0 unspecified atom stereocenters. The Morgan fingerprint density at radius 2 is 1.62 bits per heavy atom. The molecule has 4 rings (SSSR count). The van der Waals surface area contributed by atoms with Gasteiger partial charge in [-0.3, -0.25) is 0 Å². The first-order valence-electron chi connectivity index (χ1n) is 8.82. The molecule has 0 N–H and O–H groups in total. The van der Waals surface area contributed by atoms with Crippen LogP contribution in [0.15, 0.2) is 66.2 Å². The van der Waals surface area contributed by atoms with Gasteiger partial charge in [-0.2, -0.15) is 0 Å². The molecule has 130 valence electrons. The number of aryl methyl sites for hydroxylation is 1. The van der Waals surface area contributed by atoms with Gasteiger partial charge in [-0.25, -0.2) is 4.79 Å². The maximum absolute atomic E-state index is 11.9. The summed E-state index contributed by atoms with van der Waals surface area (Å²) in [5.74, 6) is -0.210. The third-order valence-corrected chi connectivity index (χ3v) is 6.01. The Morgan fingerprint density at radius 1 is 0.923 bits per heavy atom. The molecule has 3 heteroatoms. The van der Waals surface area contributed by atoms with Crippen molar-refractivity contribution in [3.63, 3.8) is 0 Å². The summed E-state index contributed by atoms with van der Waals surface area (Å²) >= 11 is 1.83. The highest BCUT2D eigenvalue weighted by Crippen LogP contribution is 2.36. The zero-order valence-corrected chi connectivity index (χ0v) is 15.5. The minimum atomic E-state index is -0.210. The number of carbonyl (C=O) groups excluding carboxylic acids is 1. The van der Waals surface area contributed by atoms with Crippen molar-refractivity contribution in [2.45, 2.75) is 19.3 Å². The molecule has 1 aromatic heterocycles. The van der Waals surface area contributed by atoms with Gasteiger partial charge in [0.25, 0.3) is 0 Å². The van der Waals surface area contributed by atoms with Gasteiger partial charge in [-0.05, 0) is 53.7 Å². The van der Waals surface area contributed by atoms with E-state index < -0.39 is 0 Å². The normalized spacial score (nSPS) is 13.5. The van der Waals surface area contributed by atoms with E-state index in [1.807, 2.05) is 23.5 Å². The molecule has 26 heavy (non-hydrogen) atoms. The molecule has 0 spiro atoms. The van der Waals surface area contributed by atoms with Gasteiger partial charge in [0.2, 0.25) is 0 Å². The molecule has 0 atom stereocenters. The van der Waals surface area contributed by atoms with E-state index in [4.69, 9.17) is 4.74 Å². The molecule has 2 nitrogen and oxygen atoms in total. The van der Waals surface area contributed by atoms with E-state index in [2.05, 4.69) is 54.6 Å². The largest absolute Gasteiger partial charge is 0.466 e. The van der Waals surface area contributed by atoms with E-state index >= 15 is 0 Å². The number of fused-ring (bicyclic) bond motifs is 1. The van der Waals surface area contributed by atoms with E-state index in [0.717, 1.165) is 30.4 Å². The van der Waals surface area contributed by atoms with Crippen LogP contribution in [0.4, 0.5) is 0 Å². The van der Waals surface area contributed by atoms with Crippen molar-refractivity contribution < 1.29 is 9.53 Å². The Bertz CT molecular complexity index is 950. The highest BCUT2D eigenvalue weighted by Gasteiger charge is 2.17. The van der Waals surface area contributed by atoms with Crippen molar-refractivity contribution in [2.75, 3.05) is 7.11 Å². The van der Waals surface area contributed by atoms with Gasteiger partial charge in [-0.15, -0.1) is 11.3 Å². The van der Waals surface area contributed by atoms with Gasteiger partial charge in [0.15, 0.2) is 0 Å². The monoisotopic (exact) mass is 360 g/mol. The number of carbonyl (C=O) groups is 1. The maximum atomic E-state index is 11.9. The first-order valence-corrected chi connectivity index (χ1v) is 9.64. The zero-order chi connectivity index (χ0) is 17.9. The van der Waals surface area contributed by atoms with Crippen molar-refractivity contribution in [3.8, 4) is 21.6 Å². The van der Waals surface area contributed by atoms with Gasteiger partial charge >= 0.3 is 5.97 Å². The van der Waals surface area contributed by atoms with Gasteiger partial charge in [0.1, 0.15) is 0 Å². The second-order valence-electron chi connectivity index (χ2n) is 6.45. The lowest BCUT2D eigenvalue weighted by Gasteiger charge is -2.03. The van der Waals surface area contributed by atoms with Crippen LogP contribution in [0.2, 0.25) is 0 Å². The number of hydrogen-bond acceptors (Lipinski definition) is 3. The third-order valence-electron chi connectivity index (χ3n) is 4.75. The summed E-state index contributed by atoms with van der Waals surface area (Å²) < 4.78 is 4.90. The summed E-state index contributed by atoms with van der Waals surface area (Å²) in [6, 6.07) is 21.3. The molecule has 0 aliphatic heterocycles. The van der Waals surface area contributed by atoms with Gasteiger partial charge in [0.05, 0.1) is 7.11 Å². The van der Waals surface area contributed by atoms with Crippen LogP contribution >= 0.6 is 11.3 Å². The molecule has 2 aromatic carbocycles. The number of thiophene rings is 1. The van der Waals surface area contributed by atoms with Crippen LogP contribution < -0.4 is 0 Å². The number of benzene rings is 2. The fourth-order valence-corrected chi connectivity index (χ4v) is 4.54. The average molecular weight is 360 g/mol. The molecular weight excluding hydrogens is 340 g/mol. The van der Waals surface area contributed by atoms with Crippen LogP contribution in [0.25, 0.3) is 27.6 Å². The summed E-state index contributed by atoms with van der Waals surface area (Å²) in [4.78, 5) is 14.5. The summed E-state index contributed by atoms with van der Waals surface area (Å²) in [7, 11) is 1.45.